The molecule has 0 spiro atoms. The van der Waals surface area contributed by atoms with Gasteiger partial charge in [0, 0.05) is 28.1 Å². The Morgan fingerprint density at radius 3 is 2.44 bits per heavy atom. The minimum Gasteiger partial charge on any atom is -0.481 e. The first-order chi connectivity index (χ1) is 17.1. The fraction of sp³-hybridized carbons (Fsp3) is 0.280. The lowest BCUT2D eigenvalue weighted by molar-refractivity contribution is 0.0591. The summed E-state index contributed by atoms with van der Waals surface area (Å²) < 4.78 is 13.0. The first-order valence-electron chi connectivity index (χ1n) is 11.0. The van der Waals surface area contributed by atoms with Crippen LogP contribution < -0.4 is 4.74 Å². The van der Waals surface area contributed by atoms with Gasteiger partial charge in [-0.3, -0.25) is 0 Å². The van der Waals surface area contributed by atoms with Gasteiger partial charge in [-0.1, -0.05) is 54.5 Å². The molecule has 0 fully saturated rings. The maximum absolute atomic E-state index is 13.1. The first kappa shape index (κ1) is 26.5. The summed E-state index contributed by atoms with van der Waals surface area (Å²) in [5, 5.41) is 6.47. The number of thiazole rings is 1. The molecule has 0 saturated carbocycles. The van der Waals surface area contributed by atoms with Crippen molar-refractivity contribution in [3.05, 3.63) is 57.5 Å². The molecule has 0 bridgehead atoms. The molecule has 0 aliphatic rings. The molecular weight excluding hydrogens is 539 g/mol. The molecule has 0 N–H and O–H groups in total. The molecule has 188 valence electrons. The summed E-state index contributed by atoms with van der Waals surface area (Å²) in [5.41, 5.74) is 4.63. The third-order valence-electron chi connectivity index (χ3n) is 5.17. The second-order valence-corrected chi connectivity index (χ2v) is 11.8. The Bertz CT molecular complexity index is 1450. The molecule has 0 amide bonds. The fourth-order valence-corrected chi connectivity index (χ4v) is 6.47. The van der Waals surface area contributed by atoms with E-state index in [1.165, 1.54) is 18.4 Å². The highest BCUT2D eigenvalue weighted by Gasteiger charge is 2.28. The molecule has 0 aliphatic heterocycles. The number of methoxy groups -OCH3 is 2. The SMILES string of the molecule is COC(=O)c1c(-c2cc(C)nc(OC)c2)c(C)nn1-c1nc(-c2ccc(Cl)c(Cl)c2)c(SC(C)C)s1. The van der Waals surface area contributed by atoms with E-state index in [1.54, 1.807) is 41.8 Å². The van der Waals surface area contributed by atoms with Crippen LogP contribution in [0.5, 0.6) is 5.88 Å². The lowest BCUT2D eigenvalue weighted by Gasteiger charge is -2.08. The number of thioether (sulfide) groups is 1. The minimum atomic E-state index is -0.525. The van der Waals surface area contributed by atoms with Gasteiger partial charge in [0.05, 0.1) is 39.9 Å². The molecule has 0 unspecified atom stereocenters. The van der Waals surface area contributed by atoms with Gasteiger partial charge in [-0.05, 0) is 37.6 Å². The summed E-state index contributed by atoms with van der Waals surface area (Å²) in [6.07, 6.45) is 0. The van der Waals surface area contributed by atoms with E-state index in [4.69, 9.17) is 42.8 Å². The third-order valence-corrected chi connectivity index (χ3v) is 8.15. The molecule has 0 radical (unpaired) electrons. The van der Waals surface area contributed by atoms with Crippen LogP contribution in [0.4, 0.5) is 0 Å². The van der Waals surface area contributed by atoms with Crippen LogP contribution >= 0.6 is 46.3 Å². The summed E-state index contributed by atoms with van der Waals surface area (Å²) in [5.74, 6) is -0.0804. The maximum Gasteiger partial charge on any atom is 0.357 e. The molecular formula is C25H24Cl2N4O3S2. The third kappa shape index (κ3) is 5.25. The van der Waals surface area contributed by atoms with Gasteiger partial charge in [0.15, 0.2) is 5.69 Å². The van der Waals surface area contributed by atoms with E-state index >= 15 is 0 Å². The Morgan fingerprint density at radius 2 is 1.81 bits per heavy atom. The van der Waals surface area contributed by atoms with Crippen molar-refractivity contribution >= 4 is 52.3 Å². The number of esters is 1. The quantitative estimate of drug-likeness (QED) is 0.173. The number of hydrogen-bond donors (Lipinski definition) is 0. The van der Waals surface area contributed by atoms with E-state index < -0.39 is 5.97 Å². The predicted octanol–water partition coefficient (Wildman–Crippen LogP) is 7.28. The van der Waals surface area contributed by atoms with Crippen LogP contribution in [0.2, 0.25) is 10.0 Å². The molecule has 4 aromatic rings. The standard InChI is InChI=1S/C25H24Cl2N4O3S2/c1-12(2)35-24-21(15-7-8-17(26)18(27)10-15)29-25(36-24)31-22(23(32)34-6)20(14(4)30-31)16-9-13(3)28-19(11-16)33-5/h7-12H,1-6H3. The predicted molar refractivity (Wildman–Crippen MR) is 146 cm³/mol. The van der Waals surface area contributed by atoms with Gasteiger partial charge in [-0.25, -0.2) is 14.8 Å². The Kier molecular flexibility index (Phi) is 7.94. The summed E-state index contributed by atoms with van der Waals surface area (Å²) in [6.45, 7) is 7.93. The molecule has 0 saturated heterocycles. The van der Waals surface area contributed by atoms with Crippen molar-refractivity contribution in [2.75, 3.05) is 14.2 Å². The highest BCUT2D eigenvalue weighted by Crippen LogP contribution is 2.42. The molecule has 11 heteroatoms. The van der Waals surface area contributed by atoms with Crippen LogP contribution in [0.3, 0.4) is 0 Å². The van der Waals surface area contributed by atoms with Gasteiger partial charge in [0.25, 0.3) is 0 Å². The van der Waals surface area contributed by atoms with E-state index in [2.05, 4.69) is 18.8 Å². The summed E-state index contributed by atoms with van der Waals surface area (Å²) in [6, 6.07) is 9.07. The molecule has 3 heterocycles. The van der Waals surface area contributed by atoms with E-state index in [9.17, 15) is 4.79 Å². The molecule has 3 aromatic heterocycles. The summed E-state index contributed by atoms with van der Waals surface area (Å²) >= 11 is 15.6. The number of halogens is 2. The topological polar surface area (TPSA) is 79.1 Å². The zero-order chi connectivity index (χ0) is 26.1. The van der Waals surface area contributed by atoms with Crippen molar-refractivity contribution in [1.82, 2.24) is 19.7 Å². The number of ether oxygens (including phenoxy) is 2. The zero-order valence-corrected chi connectivity index (χ0v) is 23.7. The van der Waals surface area contributed by atoms with E-state index in [0.29, 0.717) is 37.6 Å². The van der Waals surface area contributed by atoms with Gasteiger partial charge in [-0.15, -0.1) is 11.8 Å². The Hall–Kier alpha value is -2.59. The first-order valence-corrected chi connectivity index (χ1v) is 13.4. The van der Waals surface area contributed by atoms with Crippen molar-refractivity contribution in [1.29, 1.82) is 0 Å². The molecule has 36 heavy (non-hydrogen) atoms. The molecule has 7 nitrogen and oxygen atoms in total. The largest absolute Gasteiger partial charge is 0.481 e. The molecule has 0 atom stereocenters. The maximum atomic E-state index is 13.1. The monoisotopic (exact) mass is 562 g/mol. The molecule has 1 aromatic carbocycles. The molecule has 4 rings (SSSR count). The van der Waals surface area contributed by atoms with Crippen LogP contribution in [0.15, 0.2) is 34.5 Å². The Labute approximate surface area is 227 Å². The van der Waals surface area contributed by atoms with Crippen LogP contribution in [0.1, 0.15) is 35.7 Å². The number of hydrogen-bond acceptors (Lipinski definition) is 8. The van der Waals surface area contributed by atoms with Crippen molar-refractivity contribution in [3.63, 3.8) is 0 Å². The van der Waals surface area contributed by atoms with Crippen molar-refractivity contribution in [3.8, 4) is 33.4 Å². The Morgan fingerprint density at radius 1 is 1.06 bits per heavy atom. The number of aromatic nitrogens is 4. The van der Waals surface area contributed by atoms with Gasteiger partial charge in [0.1, 0.15) is 0 Å². The van der Waals surface area contributed by atoms with Crippen LogP contribution in [0.25, 0.3) is 27.5 Å². The number of pyridine rings is 1. The average molecular weight is 564 g/mol. The van der Waals surface area contributed by atoms with Crippen LogP contribution in [-0.4, -0.2) is 45.2 Å². The summed E-state index contributed by atoms with van der Waals surface area (Å²) in [4.78, 5) is 22.3. The van der Waals surface area contributed by atoms with E-state index in [0.717, 1.165) is 26.7 Å². The lowest BCUT2D eigenvalue weighted by atomic mass is 10.0. The normalized spacial score (nSPS) is 11.2. The zero-order valence-electron chi connectivity index (χ0n) is 20.6. The average Bonchev–Trinajstić information content (AvgIpc) is 3.40. The van der Waals surface area contributed by atoms with Gasteiger partial charge in [0.2, 0.25) is 11.0 Å². The number of nitrogens with zero attached hydrogens (tertiary/aromatic N) is 4. The van der Waals surface area contributed by atoms with E-state index in [1.807, 2.05) is 26.0 Å². The smallest absolute Gasteiger partial charge is 0.357 e. The highest BCUT2D eigenvalue weighted by molar-refractivity contribution is 8.01. The molecule has 0 aliphatic carbocycles. The van der Waals surface area contributed by atoms with Gasteiger partial charge < -0.3 is 9.47 Å². The highest BCUT2D eigenvalue weighted by atomic mass is 35.5. The number of rotatable bonds is 7. The van der Waals surface area contributed by atoms with Crippen LogP contribution in [0, 0.1) is 13.8 Å². The van der Waals surface area contributed by atoms with Crippen molar-refractivity contribution in [2.45, 2.75) is 37.2 Å². The minimum absolute atomic E-state index is 0.276. The van der Waals surface area contributed by atoms with Gasteiger partial charge in [-0.2, -0.15) is 9.78 Å². The number of benzene rings is 1. The fourth-order valence-electron chi connectivity index (χ4n) is 3.69. The van der Waals surface area contributed by atoms with E-state index in [-0.39, 0.29) is 5.69 Å². The van der Waals surface area contributed by atoms with Crippen molar-refractivity contribution < 1.29 is 14.3 Å². The number of carbonyl (C=O) groups excluding carboxylic acids is 1. The summed E-state index contributed by atoms with van der Waals surface area (Å²) in [7, 11) is 2.90. The van der Waals surface area contributed by atoms with Crippen LogP contribution in [-0.2, 0) is 4.74 Å². The lowest BCUT2D eigenvalue weighted by Crippen LogP contribution is -2.11. The second kappa shape index (κ2) is 10.8. The second-order valence-electron chi connectivity index (χ2n) is 8.18. The Balaban J connectivity index is 1.95. The van der Waals surface area contributed by atoms with Gasteiger partial charge >= 0.3 is 5.97 Å². The number of carbonyl (C=O) groups is 1. The van der Waals surface area contributed by atoms with Crippen molar-refractivity contribution in [2.24, 2.45) is 0 Å². The number of aryl methyl sites for hydroxylation is 2.